The first kappa shape index (κ1) is 11.5. The van der Waals surface area contributed by atoms with E-state index in [1.54, 1.807) is 7.11 Å². The van der Waals surface area contributed by atoms with E-state index in [2.05, 4.69) is 25.1 Å². The molecular formula is C15H17NO. The highest BCUT2D eigenvalue weighted by atomic mass is 16.5. The van der Waals surface area contributed by atoms with Gasteiger partial charge in [-0.25, -0.2) is 0 Å². The van der Waals surface area contributed by atoms with Gasteiger partial charge in [-0.05, 0) is 48.7 Å². The third kappa shape index (κ3) is 2.26. The minimum absolute atomic E-state index is 0.818. The van der Waals surface area contributed by atoms with Gasteiger partial charge in [0.15, 0.2) is 0 Å². The van der Waals surface area contributed by atoms with Gasteiger partial charge in [-0.2, -0.15) is 0 Å². The summed E-state index contributed by atoms with van der Waals surface area (Å²) in [4.78, 5) is 0. The Morgan fingerprint density at radius 1 is 0.941 bits per heavy atom. The summed E-state index contributed by atoms with van der Waals surface area (Å²) in [5.41, 5.74) is 11.5. The zero-order chi connectivity index (χ0) is 12.4. The van der Waals surface area contributed by atoms with Crippen molar-refractivity contribution in [3.05, 3.63) is 47.5 Å². The van der Waals surface area contributed by atoms with Crippen molar-refractivity contribution in [1.29, 1.82) is 0 Å². The van der Waals surface area contributed by atoms with Crippen molar-refractivity contribution >= 4 is 5.69 Å². The number of ether oxygens (including phenoxy) is 1. The average Bonchev–Trinajstić information content (AvgIpc) is 2.30. The molecule has 0 spiro atoms. The number of rotatable bonds is 2. The van der Waals surface area contributed by atoms with E-state index >= 15 is 0 Å². The van der Waals surface area contributed by atoms with Gasteiger partial charge in [-0.3, -0.25) is 0 Å². The van der Waals surface area contributed by atoms with Crippen molar-refractivity contribution in [3.8, 4) is 16.9 Å². The molecule has 0 atom stereocenters. The van der Waals surface area contributed by atoms with Crippen molar-refractivity contribution < 1.29 is 4.74 Å². The van der Waals surface area contributed by atoms with E-state index in [1.165, 1.54) is 11.1 Å². The molecule has 17 heavy (non-hydrogen) atoms. The smallest absolute Gasteiger partial charge is 0.119 e. The minimum Gasteiger partial charge on any atom is -0.497 e. The molecule has 0 aliphatic carbocycles. The number of anilines is 1. The maximum absolute atomic E-state index is 6.06. The molecule has 2 aromatic rings. The van der Waals surface area contributed by atoms with Crippen LogP contribution in [0.2, 0.25) is 0 Å². The Hall–Kier alpha value is -1.96. The standard InChI is InChI=1S/C15H17NO/c1-10-4-6-14(15(16)8-10)13-7-5-12(17-3)9-11(13)2/h4-9H,16H2,1-3H3. The molecule has 0 bridgehead atoms. The predicted molar refractivity (Wildman–Crippen MR) is 72.3 cm³/mol. The van der Waals surface area contributed by atoms with E-state index in [0.717, 1.165) is 22.6 Å². The Labute approximate surface area is 102 Å². The van der Waals surface area contributed by atoms with Gasteiger partial charge >= 0.3 is 0 Å². The van der Waals surface area contributed by atoms with Crippen LogP contribution in [0.15, 0.2) is 36.4 Å². The van der Waals surface area contributed by atoms with E-state index in [0.29, 0.717) is 0 Å². The van der Waals surface area contributed by atoms with Crippen molar-refractivity contribution in [2.24, 2.45) is 0 Å². The van der Waals surface area contributed by atoms with Crippen LogP contribution < -0.4 is 10.5 Å². The number of hydrogen-bond acceptors (Lipinski definition) is 2. The summed E-state index contributed by atoms with van der Waals surface area (Å²) in [7, 11) is 1.68. The normalized spacial score (nSPS) is 10.3. The van der Waals surface area contributed by atoms with E-state index in [9.17, 15) is 0 Å². The zero-order valence-electron chi connectivity index (χ0n) is 10.4. The molecule has 0 unspecified atom stereocenters. The van der Waals surface area contributed by atoms with Crippen LogP contribution in [0.4, 0.5) is 5.69 Å². The van der Waals surface area contributed by atoms with E-state index in [4.69, 9.17) is 10.5 Å². The molecule has 2 rings (SSSR count). The molecular weight excluding hydrogens is 210 g/mol. The molecule has 2 aromatic carbocycles. The third-order valence-corrected chi connectivity index (χ3v) is 2.93. The quantitative estimate of drug-likeness (QED) is 0.796. The molecule has 2 heteroatoms. The van der Waals surface area contributed by atoms with Crippen LogP contribution in [0.1, 0.15) is 11.1 Å². The zero-order valence-corrected chi connectivity index (χ0v) is 10.4. The van der Waals surface area contributed by atoms with Crippen LogP contribution >= 0.6 is 0 Å². The Balaban J connectivity index is 2.53. The van der Waals surface area contributed by atoms with Gasteiger partial charge in [0.25, 0.3) is 0 Å². The van der Waals surface area contributed by atoms with Crippen LogP contribution in [0.5, 0.6) is 5.75 Å². The third-order valence-electron chi connectivity index (χ3n) is 2.93. The second-order valence-corrected chi connectivity index (χ2v) is 4.27. The number of nitrogens with two attached hydrogens (primary N) is 1. The lowest BCUT2D eigenvalue weighted by molar-refractivity contribution is 0.414. The highest BCUT2D eigenvalue weighted by Gasteiger charge is 2.06. The first-order chi connectivity index (χ1) is 8.11. The Morgan fingerprint density at radius 2 is 1.65 bits per heavy atom. The second kappa shape index (κ2) is 4.50. The highest BCUT2D eigenvalue weighted by Crippen LogP contribution is 2.31. The summed E-state index contributed by atoms with van der Waals surface area (Å²) in [6.45, 7) is 4.11. The molecule has 2 N–H and O–H groups in total. The van der Waals surface area contributed by atoms with Crippen LogP contribution in [-0.2, 0) is 0 Å². The molecule has 2 nitrogen and oxygen atoms in total. The lowest BCUT2D eigenvalue weighted by Crippen LogP contribution is -1.93. The van der Waals surface area contributed by atoms with Crippen LogP contribution in [-0.4, -0.2) is 7.11 Å². The van der Waals surface area contributed by atoms with Gasteiger partial charge < -0.3 is 10.5 Å². The van der Waals surface area contributed by atoms with Crippen molar-refractivity contribution in [3.63, 3.8) is 0 Å². The van der Waals surface area contributed by atoms with Gasteiger partial charge in [-0.15, -0.1) is 0 Å². The molecule has 88 valence electrons. The molecule has 0 saturated heterocycles. The van der Waals surface area contributed by atoms with Crippen molar-refractivity contribution in [2.45, 2.75) is 13.8 Å². The number of methoxy groups -OCH3 is 1. The van der Waals surface area contributed by atoms with E-state index < -0.39 is 0 Å². The molecule has 0 amide bonds. The fourth-order valence-electron chi connectivity index (χ4n) is 1.99. The maximum atomic E-state index is 6.06. The maximum Gasteiger partial charge on any atom is 0.119 e. The highest BCUT2D eigenvalue weighted by molar-refractivity contribution is 5.79. The van der Waals surface area contributed by atoms with Gasteiger partial charge in [0, 0.05) is 11.3 Å². The molecule has 0 aliphatic rings. The van der Waals surface area contributed by atoms with Crippen molar-refractivity contribution in [2.75, 3.05) is 12.8 Å². The SMILES string of the molecule is COc1ccc(-c2ccc(C)cc2N)c(C)c1. The summed E-state index contributed by atoms with van der Waals surface area (Å²) in [5.74, 6) is 0.872. The predicted octanol–water partition coefficient (Wildman–Crippen LogP) is 3.56. The van der Waals surface area contributed by atoms with Crippen LogP contribution in [0.3, 0.4) is 0 Å². The Morgan fingerprint density at radius 3 is 2.24 bits per heavy atom. The van der Waals surface area contributed by atoms with Gasteiger partial charge in [0.1, 0.15) is 5.75 Å². The van der Waals surface area contributed by atoms with Crippen LogP contribution in [0.25, 0.3) is 11.1 Å². The number of aryl methyl sites for hydroxylation is 2. The van der Waals surface area contributed by atoms with Gasteiger partial charge in [0.05, 0.1) is 7.11 Å². The van der Waals surface area contributed by atoms with Gasteiger partial charge in [0.2, 0.25) is 0 Å². The van der Waals surface area contributed by atoms with Crippen LogP contribution in [0, 0.1) is 13.8 Å². The number of nitrogen functional groups attached to an aromatic ring is 1. The largest absolute Gasteiger partial charge is 0.497 e. The molecule has 0 aliphatic heterocycles. The summed E-state index contributed by atoms with van der Waals surface area (Å²) in [6, 6.07) is 12.2. The van der Waals surface area contributed by atoms with Crippen molar-refractivity contribution in [1.82, 2.24) is 0 Å². The average molecular weight is 227 g/mol. The monoisotopic (exact) mass is 227 g/mol. The topological polar surface area (TPSA) is 35.2 Å². The lowest BCUT2D eigenvalue weighted by atomic mass is 9.98. The molecule has 0 radical (unpaired) electrons. The molecule has 0 aromatic heterocycles. The van der Waals surface area contributed by atoms with E-state index in [-0.39, 0.29) is 0 Å². The van der Waals surface area contributed by atoms with Gasteiger partial charge in [-0.1, -0.05) is 18.2 Å². The first-order valence-electron chi connectivity index (χ1n) is 5.63. The minimum atomic E-state index is 0.818. The Kier molecular flexibility index (Phi) is 3.05. The summed E-state index contributed by atoms with van der Waals surface area (Å²) >= 11 is 0. The molecule has 0 saturated carbocycles. The van der Waals surface area contributed by atoms with E-state index in [1.807, 2.05) is 25.1 Å². The lowest BCUT2D eigenvalue weighted by Gasteiger charge is -2.11. The Bertz CT molecular complexity index is 547. The molecule has 0 fully saturated rings. The fourth-order valence-corrected chi connectivity index (χ4v) is 1.99. The summed E-state index contributed by atoms with van der Waals surface area (Å²) in [5, 5.41) is 0. The second-order valence-electron chi connectivity index (χ2n) is 4.27. The number of benzene rings is 2. The molecule has 0 heterocycles. The summed E-state index contributed by atoms with van der Waals surface area (Å²) in [6.07, 6.45) is 0. The first-order valence-corrected chi connectivity index (χ1v) is 5.63. The number of hydrogen-bond donors (Lipinski definition) is 1. The summed E-state index contributed by atoms with van der Waals surface area (Å²) < 4.78 is 5.20. The fraction of sp³-hybridized carbons (Fsp3) is 0.200.